The first-order chi connectivity index (χ1) is 6.34. The van der Waals surface area contributed by atoms with Crippen molar-refractivity contribution >= 4 is 12.6 Å². The van der Waals surface area contributed by atoms with Crippen LogP contribution >= 0.6 is 12.6 Å². The third-order valence-electron chi connectivity index (χ3n) is 1.78. The molecule has 14 heavy (non-hydrogen) atoms. The van der Waals surface area contributed by atoms with Gasteiger partial charge in [0.15, 0.2) is 0 Å². The van der Waals surface area contributed by atoms with E-state index in [1.165, 1.54) is 19.1 Å². The predicted molar refractivity (Wildman–Crippen MR) is 48.8 cm³/mol. The lowest BCUT2D eigenvalue weighted by Crippen LogP contribution is -2.09. The molecule has 0 amide bonds. The lowest BCUT2D eigenvalue weighted by Gasteiger charge is -2.12. The van der Waals surface area contributed by atoms with Gasteiger partial charge < -0.3 is 0 Å². The molecule has 0 bridgehead atoms. The summed E-state index contributed by atoms with van der Waals surface area (Å²) in [6.07, 6.45) is -4.65. The van der Waals surface area contributed by atoms with Crippen molar-refractivity contribution in [3.05, 3.63) is 35.1 Å². The Morgan fingerprint density at radius 1 is 1.29 bits per heavy atom. The minimum atomic E-state index is -4.65. The largest absolute Gasteiger partial charge is 0.419 e. The van der Waals surface area contributed by atoms with Crippen LogP contribution in [-0.4, -0.2) is 0 Å². The first kappa shape index (κ1) is 11.4. The summed E-state index contributed by atoms with van der Waals surface area (Å²) in [5.74, 6) is -1.23. The molecule has 0 aromatic heterocycles. The zero-order chi connectivity index (χ0) is 10.9. The van der Waals surface area contributed by atoms with E-state index >= 15 is 0 Å². The Kier molecular flexibility index (Phi) is 3.09. The monoisotopic (exact) mass is 224 g/mol. The Labute approximate surface area is 84.3 Å². The quantitative estimate of drug-likeness (QED) is 0.544. The molecule has 0 saturated carbocycles. The van der Waals surface area contributed by atoms with Gasteiger partial charge in [-0.15, -0.1) is 0 Å². The average Bonchev–Trinajstić information content (AvgIpc) is 2.01. The molecule has 78 valence electrons. The normalized spacial score (nSPS) is 14.1. The Balaban J connectivity index is 3.28. The van der Waals surface area contributed by atoms with Gasteiger partial charge in [0.05, 0.1) is 5.56 Å². The van der Waals surface area contributed by atoms with Gasteiger partial charge in [-0.2, -0.15) is 25.8 Å². The van der Waals surface area contributed by atoms with Crippen LogP contribution in [-0.2, 0) is 6.18 Å². The maximum absolute atomic E-state index is 13.3. The van der Waals surface area contributed by atoms with Crippen molar-refractivity contribution in [1.82, 2.24) is 0 Å². The molecule has 0 N–H and O–H groups in total. The number of alkyl halides is 3. The number of thiol groups is 1. The topological polar surface area (TPSA) is 0 Å². The van der Waals surface area contributed by atoms with Gasteiger partial charge in [0.2, 0.25) is 0 Å². The third kappa shape index (κ3) is 2.20. The fourth-order valence-electron chi connectivity index (χ4n) is 1.09. The van der Waals surface area contributed by atoms with Crippen molar-refractivity contribution in [2.24, 2.45) is 0 Å². The van der Waals surface area contributed by atoms with Crippen LogP contribution in [0, 0.1) is 5.82 Å². The van der Waals surface area contributed by atoms with Crippen LogP contribution in [0.1, 0.15) is 23.3 Å². The van der Waals surface area contributed by atoms with Crippen molar-refractivity contribution in [3.8, 4) is 0 Å². The van der Waals surface area contributed by atoms with E-state index < -0.39 is 22.8 Å². The Bertz CT molecular complexity index is 330. The zero-order valence-corrected chi connectivity index (χ0v) is 8.16. The van der Waals surface area contributed by atoms with E-state index in [-0.39, 0.29) is 5.56 Å². The van der Waals surface area contributed by atoms with Crippen molar-refractivity contribution in [2.45, 2.75) is 18.3 Å². The summed E-state index contributed by atoms with van der Waals surface area (Å²) in [4.78, 5) is 0. The van der Waals surface area contributed by atoms with Crippen molar-refractivity contribution < 1.29 is 17.6 Å². The van der Waals surface area contributed by atoms with Crippen molar-refractivity contribution in [1.29, 1.82) is 0 Å². The maximum Gasteiger partial charge on any atom is 0.419 e. The van der Waals surface area contributed by atoms with Crippen LogP contribution in [0.3, 0.4) is 0 Å². The number of hydrogen-bond donors (Lipinski definition) is 1. The molecule has 0 aliphatic rings. The van der Waals surface area contributed by atoms with Crippen LogP contribution in [0.15, 0.2) is 18.2 Å². The highest BCUT2D eigenvalue weighted by Crippen LogP contribution is 2.34. The lowest BCUT2D eigenvalue weighted by atomic mass is 10.1. The van der Waals surface area contributed by atoms with Crippen LogP contribution in [0.4, 0.5) is 17.6 Å². The number of benzene rings is 1. The minimum Gasteiger partial charge on any atom is -0.206 e. The average molecular weight is 224 g/mol. The summed E-state index contributed by atoms with van der Waals surface area (Å²) in [5, 5.41) is -0.558. The maximum atomic E-state index is 13.3. The summed E-state index contributed by atoms with van der Waals surface area (Å²) in [6.45, 7) is 1.52. The van der Waals surface area contributed by atoms with Crippen LogP contribution < -0.4 is 0 Å². The standard InChI is InChI=1S/C9H8F4S/c1-5(14)6-3-2-4-7(8(6)10)9(11,12)13/h2-5,14H,1H3. The van der Waals surface area contributed by atoms with E-state index in [2.05, 4.69) is 12.6 Å². The van der Waals surface area contributed by atoms with E-state index in [0.29, 0.717) is 0 Å². The summed E-state index contributed by atoms with van der Waals surface area (Å²) >= 11 is 3.89. The molecular weight excluding hydrogens is 216 g/mol. The Hall–Kier alpha value is -0.710. The smallest absolute Gasteiger partial charge is 0.206 e. The fraction of sp³-hybridized carbons (Fsp3) is 0.333. The molecule has 0 aliphatic heterocycles. The van der Waals surface area contributed by atoms with Gasteiger partial charge in [-0.25, -0.2) is 4.39 Å². The van der Waals surface area contributed by atoms with Gasteiger partial charge in [0.25, 0.3) is 0 Å². The molecular formula is C9H8F4S. The molecule has 1 rings (SSSR count). The highest BCUT2D eigenvalue weighted by atomic mass is 32.1. The Morgan fingerprint density at radius 2 is 1.86 bits per heavy atom. The first-order valence-electron chi connectivity index (χ1n) is 3.87. The number of rotatable bonds is 1. The molecule has 1 aromatic carbocycles. The molecule has 1 unspecified atom stereocenters. The van der Waals surface area contributed by atoms with Crippen LogP contribution in [0.5, 0.6) is 0 Å². The zero-order valence-electron chi connectivity index (χ0n) is 7.27. The summed E-state index contributed by atoms with van der Waals surface area (Å²) in [5.41, 5.74) is -1.28. The van der Waals surface area contributed by atoms with E-state index in [0.717, 1.165) is 6.07 Å². The van der Waals surface area contributed by atoms with Crippen molar-refractivity contribution in [2.75, 3.05) is 0 Å². The lowest BCUT2D eigenvalue weighted by molar-refractivity contribution is -0.140. The minimum absolute atomic E-state index is 0.0387. The van der Waals surface area contributed by atoms with Gasteiger partial charge in [-0.05, 0) is 13.0 Å². The molecule has 0 aliphatic carbocycles. The predicted octanol–water partition coefficient (Wildman–Crippen LogP) is 3.84. The van der Waals surface area contributed by atoms with Gasteiger partial charge in [0.1, 0.15) is 5.82 Å². The van der Waals surface area contributed by atoms with Crippen LogP contribution in [0.2, 0.25) is 0 Å². The molecule has 0 nitrogen and oxygen atoms in total. The molecule has 0 heterocycles. The second kappa shape index (κ2) is 3.81. The molecule has 0 spiro atoms. The molecule has 5 heteroatoms. The molecule has 0 radical (unpaired) electrons. The first-order valence-corrected chi connectivity index (χ1v) is 4.39. The molecule has 0 fully saturated rings. The molecule has 1 atom stereocenters. The van der Waals surface area contributed by atoms with E-state index in [9.17, 15) is 17.6 Å². The summed E-state index contributed by atoms with van der Waals surface area (Å²) < 4.78 is 49.9. The van der Waals surface area contributed by atoms with E-state index in [1.54, 1.807) is 0 Å². The second-order valence-electron chi connectivity index (χ2n) is 2.88. The Morgan fingerprint density at radius 3 is 2.29 bits per heavy atom. The van der Waals surface area contributed by atoms with Crippen LogP contribution in [0.25, 0.3) is 0 Å². The molecule has 1 aromatic rings. The van der Waals surface area contributed by atoms with Gasteiger partial charge in [-0.3, -0.25) is 0 Å². The fourth-order valence-corrected chi connectivity index (χ4v) is 1.29. The summed E-state index contributed by atoms with van der Waals surface area (Å²) in [6, 6.07) is 3.19. The molecule has 0 saturated heterocycles. The van der Waals surface area contributed by atoms with Crippen molar-refractivity contribution in [3.63, 3.8) is 0 Å². The van der Waals surface area contributed by atoms with E-state index in [1.807, 2.05) is 0 Å². The number of hydrogen-bond acceptors (Lipinski definition) is 1. The highest BCUT2D eigenvalue weighted by Gasteiger charge is 2.34. The summed E-state index contributed by atoms with van der Waals surface area (Å²) in [7, 11) is 0. The number of halogens is 4. The van der Waals surface area contributed by atoms with Gasteiger partial charge in [-0.1, -0.05) is 12.1 Å². The highest BCUT2D eigenvalue weighted by molar-refractivity contribution is 7.80. The second-order valence-corrected chi connectivity index (χ2v) is 3.66. The van der Waals surface area contributed by atoms with Gasteiger partial charge >= 0.3 is 6.18 Å². The third-order valence-corrected chi connectivity index (χ3v) is 2.06. The van der Waals surface area contributed by atoms with E-state index in [4.69, 9.17) is 0 Å². The SMILES string of the molecule is CC(S)c1cccc(C(F)(F)F)c1F. The van der Waals surface area contributed by atoms with Gasteiger partial charge in [0, 0.05) is 10.8 Å².